The summed E-state index contributed by atoms with van der Waals surface area (Å²) in [5.74, 6) is -0.428. The maximum absolute atomic E-state index is 10.6. The molecule has 2 rings (SSSR count). The molecule has 0 aliphatic rings. The molecule has 0 fully saturated rings. The van der Waals surface area contributed by atoms with Crippen molar-refractivity contribution in [1.82, 2.24) is 20.2 Å². The third kappa shape index (κ3) is 3.92. The monoisotopic (exact) mass is 362 g/mol. The van der Waals surface area contributed by atoms with Gasteiger partial charge in [-0.25, -0.2) is 4.68 Å². The first-order chi connectivity index (χ1) is 9.06. The molecule has 0 aliphatic carbocycles. The van der Waals surface area contributed by atoms with Crippen LogP contribution in [0.1, 0.15) is 5.56 Å². The fraction of sp³-hybridized carbons (Fsp3) is 0.200. The van der Waals surface area contributed by atoms with Gasteiger partial charge in [0.2, 0.25) is 5.16 Å². The summed E-state index contributed by atoms with van der Waals surface area (Å²) in [7, 11) is 0. The fourth-order valence-electron chi connectivity index (χ4n) is 1.31. The van der Waals surface area contributed by atoms with Crippen molar-refractivity contribution >= 4 is 45.3 Å². The Kier molecular flexibility index (Phi) is 4.78. The Labute approximate surface area is 126 Å². The van der Waals surface area contributed by atoms with E-state index in [1.807, 2.05) is 12.1 Å². The van der Waals surface area contributed by atoms with Crippen molar-refractivity contribution in [3.8, 4) is 0 Å². The first kappa shape index (κ1) is 14.3. The van der Waals surface area contributed by atoms with Gasteiger partial charge in [0.15, 0.2) is 0 Å². The molecule has 1 N–H and O–H groups in total. The van der Waals surface area contributed by atoms with E-state index < -0.39 is 5.97 Å². The molecule has 0 aliphatic heterocycles. The summed E-state index contributed by atoms with van der Waals surface area (Å²) in [6.07, 6.45) is 0. The second-order valence-electron chi connectivity index (χ2n) is 3.54. The van der Waals surface area contributed by atoms with E-state index in [-0.39, 0.29) is 6.54 Å². The molecule has 0 bridgehead atoms. The van der Waals surface area contributed by atoms with Crippen LogP contribution in [0, 0.1) is 0 Å². The average Bonchev–Trinajstić information content (AvgIpc) is 2.74. The molecule has 0 radical (unpaired) electrons. The van der Waals surface area contributed by atoms with Crippen LogP contribution in [0.5, 0.6) is 0 Å². The Bertz CT molecular complexity index is 607. The molecular weight excluding hydrogens is 356 g/mol. The molecular formula is C10H8BrClN4O2S. The highest BCUT2D eigenvalue weighted by Gasteiger charge is 2.11. The van der Waals surface area contributed by atoms with Crippen molar-refractivity contribution in [1.29, 1.82) is 0 Å². The zero-order chi connectivity index (χ0) is 13.8. The summed E-state index contributed by atoms with van der Waals surface area (Å²) in [6.45, 7) is -0.261. The molecule has 1 aromatic carbocycles. The van der Waals surface area contributed by atoms with E-state index in [9.17, 15) is 4.79 Å². The van der Waals surface area contributed by atoms with Crippen LogP contribution in [0.3, 0.4) is 0 Å². The minimum Gasteiger partial charge on any atom is -0.480 e. The lowest BCUT2D eigenvalue weighted by molar-refractivity contribution is -0.138. The van der Waals surface area contributed by atoms with Crippen molar-refractivity contribution in [2.24, 2.45) is 0 Å². The lowest BCUT2D eigenvalue weighted by atomic mass is 10.2. The standard InChI is InChI=1S/C10H8BrClN4O2S/c11-7-2-1-6(8(12)3-7)5-19-10-13-14-15-16(10)4-9(17)18/h1-3H,4-5H2,(H,17,18). The Balaban J connectivity index is 2.06. The minimum atomic E-state index is -0.990. The number of halogens is 2. The molecule has 0 atom stereocenters. The molecule has 0 amide bonds. The second-order valence-corrected chi connectivity index (χ2v) is 5.80. The molecule has 19 heavy (non-hydrogen) atoms. The zero-order valence-corrected chi connectivity index (χ0v) is 12.6. The normalized spacial score (nSPS) is 10.6. The van der Waals surface area contributed by atoms with Crippen LogP contribution in [-0.4, -0.2) is 31.3 Å². The van der Waals surface area contributed by atoms with E-state index in [2.05, 4.69) is 31.5 Å². The number of benzene rings is 1. The lowest BCUT2D eigenvalue weighted by Gasteiger charge is -2.04. The molecule has 100 valence electrons. The number of carbonyl (C=O) groups is 1. The van der Waals surface area contributed by atoms with Gasteiger partial charge < -0.3 is 5.11 Å². The van der Waals surface area contributed by atoms with E-state index in [1.165, 1.54) is 16.4 Å². The first-order valence-electron chi connectivity index (χ1n) is 5.11. The van der Waals surface area contributed by atoms with Gasteiger partial charge in [-0.2, -0.15) is 0 Å². The van der Waals surface area contributed by atoms with Crippen LogP contribution >= 0.6 is 39.3 Å². The molecule has 9 heteroatoms. The van der Waals surface area contributed by atoms with Crippen LogP contribution in [0.15, 0.2) is 27.8 Å². The van der Waals surface area contributed by atoms with Crippen molar-refractivity contribution in [3.05, 3.63) is 33.3 Å². The van der Waals surface area contributed by atoms with Gasteiger partial charge >= 0.3 is 5.97 Å². The van der Waals surface area contributed by atoms with Gasteiger partial charge in [-0.15, -0.1) is 5.10 Å². The quantitative estimate of drug-likeness (QED) is 0.822. The molecule has 6 nitrogen and oxygen atoms in total. The SMILES string of the molecule is O=C(O)Cn1nnnc1SCc1ccc(Br)cc1Cl. The maximum atomic E-state index is 10.6. The smallest absolute Gasteiger partial charge is 0.325 e. The summed E-state index contributed by atoms with van der Waals surface area (Å²) in [5, 5.41) is 20.7. The third-order valence-electron chi connectivity index (χ3n) is 2.16. The van der Waals surface area contributed by atoms with Crippen molar-refractivity contribution < 1.29 is 9.90 Å². The molecule has 1 aromatic heterocycles. The van der Waals surface area contributed by atoms with Gasteiger partial charge in [0.05, 0.1) is 0 Å². The zero-order valence-electron chi connectivity index (χ0n) is 9.45. The maximum Gasteiger partial charge on any atom is 0.325 e. The second kappa shape index (κ2) is 6.36. The minimum absolute atomic E-state index is 0.261. The van der Waals surface area contributed by atoms with Crippen LogP contribution in [0.2, 0.25) is 5.02 Å². The summed E-state index contributed by atoms with van der Waals surface area (Å²) in [6, 6.07) is 5.59. The van der Waals surface area contributed by atoms with E-state index in [0.717, 1.165) is 10.0 Å². The van der Waals surface area contributed by atoms with Crippen molar-refractivity contribution in [3.63, 3.8) is 0 Å². The lowest BCUT2D eigenvalue weighted by Crippen LogP contribution is -2.11. The number of aliphatic carboxylic acids is 1. The topological polar surface area (TPSA) is 80.9 Å². The predicted octanol–water partition coefficient (Wildman–Crippen LogP) is 2.47. The Morgan fingerprint density at radius 3 is 3.00 bits per heavy atom. The molecule has 0 saturated carbocycles. The number of aromatic nitrogens is 4. The molecule has 1 heterocycles. The van der Waals surface area contributed by atoms with Crippen LogP contribution in [0.25, 0.3) is 0 Å². The number of tetrazole rings is 1. The molecule has 0 saturated heterocycles. The summed E-state index contributed by atoms with van der Waals surface area (Å²) >= 11 is 10.8. The number of thioether (sulfide) groups is 1. The Morgan fingerprint density at radius 1 is 1.53 bits per heavy atom. The van der Waals surface area contributed by atoms with Gasteiger partial charge in [-0.05, 0) is 28.1 Å². The van der Waals surface area contributed by atoms with E-state index >= 15 is 0 Å². The van der Waals surface area contributed by atoms with E-state index in [0.29, 0.717) is 15.9 Å². The highest BCUT2D eigenvalue weighted by atomic mass is 79.9. The molecule has 2 aromatic rings. The Hall–Kier alpha value is -1.12. The number of carboxylic acids is 1. The van der Waals surface area contributed by atoms with Crippen molar-refractivity contribution in [2.75, 3.05) is 0 Å². The van der Waals surface area contributed by atoms with Crippen LogP contribution in [0.4, 0.5) is 0 Å². The predicted molar refractivity (Wildman–Crippen MR) is 74.2 cm³/mol. The summed E-state index contributed by atoms with van der Waals surface area (Å²) in [4.78, 5) is 10.6. The Morgan fingerprint density at radius 2 is 2.32 bits per heavy atom. The largest absolute Gasteiger partial charge is 0.480 e. The van der Waals surface area contributed by atoms with Gasteiger partial charge in [-0.1, -0.05) is 45.4 Å². The van der Waals surface area contributed by atoms with Crippen molar-refractivity contribution in [2.45, 2.75) is 17.5 Å². The first-order valence-corrected chi connectivity index (χ1v) is 7.26. The van der Waals surface area contributed by atoms with Gasteiger partial charge in [-0.3, -0.25) is 4.79 Å². The third-order valence-corrected chi connectivity index (χ3v) is 4.01. The van der Waals surface area contributed by atoms with Gasteiger partial charge in [0, 0.05) is 15.2 Å². The molecule has 0 spiro atoms. The van der Waals surface area contributed by atoms with E-state index in [1.54, 1.807) is 6.07 Å². The number of nitrogens with zero attached hydrogens (tertiary/aromatic N) is 4. The summed E-state index contributed by atoms with van der Waals surface area (Å²) in [5.41, 5.74) is 0.930. The van der Waals surface area contributed by atoms with E-state index in [4.69, 9.17) is 16.7 Å². The highest BCUT2D eigenvalue weighted by Crippen LogP contribution is 2.27. The summed E-state index contributed by atoms with van der Waals surface area (Å²) < 4.78 is 2.14. The van der Waals surface area contributed by atoms with Gasteiger partial charge in [0.1, 0.15) is 6.54 Å². The number of carboxylic acid groups (broad SMARTS) is 1. The number of hydrogen-bond acceptors (Lipinski definition) is 5. The molecule has 0 unspecified atom stereocenters. The highest BCUT2D eigenvalue weighted by molar-refractivity contribution is 9.10. The average molecular weight is 364 g/mol. The van der Waals surface area contributed by atoms with Crippen LogP contribution < -0.4 is 0 Å². The van der Waals surface area contributed by atoms with Gasteiger partial charge in [0.25, 0.3) is 0 Å². The fourth-order valence-corrected chi connectivity index (χ4v) is 3.01. The number of hydrogen-bond donors (Lipinski definition) is 1. The van der Waals surface area contributed by atoms with Crippen LogP contribution in [-0.2, 0) is 17.1 Å². The number of rotatable bonds is 5.